The number of carboxylic acids is 1. The normalized spacial score (nSPS) is 12.9. The number of hydrogen-bond acceptors (Lipinski definition) is 4. The van der Waals surface area contributed by atoms with Crippen molar-refractivity contribution in [3.05, 3.63) is 23.8 Å². The molecular formula is C13H20N2O4S. The van der Waals surface area contributed by atoms with Crippen molar-refractivity contribution < 1.29 is 18.3 Å². The van der Waals surface area contributed by atoms with E-state index in [0.717, 1.165) is 0 Å². The summed E-state index contributed by atoms with van der Waals surface area (Å²) in [7, 11) is -3.70. The monoisotopic (exact) mass is 300 g/mol. The van der Waals surface area contributed by atoms with E-state index in [9.17, 15) is 13.2 Å². The summed E-state index contributed by atoms with van der Waals surface area (Å²) in [4.78, 5) is 11.2. The number of anilines is 1. The molecule has 0 amide bonds. The molecule has 1 aromatic carbocycles. The summed E-state index contributed by atoms with van der Waals surface area (Å²) in [6.45, 7) is 6.01. The Morgan fingerprint density at radius 2 is 2.00 bits per heavy atom. The van der Waals surface area contributed by atoms with Crippen LogP contribution in [0.4, 0.5) is 5.69 Å². The van der Waals surface area contributed by atoms with Gasteiger partial charge in [-0.3, -0.25) is 0 Å². The van der Waals surface area contributed by atoms with Crippen molar-refractivity contribution in [2.24, 2.45) is 0 Å². The van der Waals surface area contributed by atoms with Crippen LogP contribution in [0.3, 0.4) is 0 Å². The SMILES string of the molecule is CCNc1ccc(S(=O)(=O)NC(C)CC)cc1C(=O)O. The van der Waals surface area contributed by atoms with Gasteiger partial charge in [0.25, 0.3) is 0 Å². The van der Waals surface area contributed by atoms with Gasteiger partial charge in [0.1, 0.15) is 0 Å². The van der Waals surface area contributed by atoms with Crippen LogP contribution >= 0.6 is 0 Å². The van der Waals surface area contributed by atoms with E-state index in [-0.39, 0.29) is 16.5 Å². The molecule has 3 N–H and O–H groups in total. The third-order valence-electron chi connectivity index (χ3n) is 2.87. The summed E-state index contributed by atoms with van der Waals surface area (Å²) >= 11 is 0. The Bertz CT molecular complexity index is 584. The average Bonchev–Trinajstić information content (AvgIpc) is 2.38. The molecule has 0 heterocycles. The van der Waals surface area contributed by atoms with E-state index in [1.165, 1.54) is 18.2 Å². The number of carboxylic acid groups (broad SMARTS) is 1. The fraction of sp³-hybridized carbons (Fsp3) is 0.462. The van der Waals surface area contributed by atoms with E-state index in [4.69, 9.17) is 5.11 Å². The summed E-state index contributed by atoms with van der Waals surface area (Å²) < 4.78 is 26.7. The van der Waals surface area contributed by atoms with Crippen LogP contribution < -0.4 is 10.0 Å². The molecule has 0 radical (unpaired) electrons. The molecule has 1 atom stereocenters. The minimum atomic E-state index is -3.70. The lowest BCUT2D eigenvalue weighted by atomic mass is 10.2. The number of rotatable bonds is 7. The number of hydrogen-bond donors (Lipinski definition) is 3. The van der Waals surface area contributed by atoms with Gasteiger partial charge in [-0.05, 0) is 38.5 Å². The van der Waals surface area contributed by atoms with E-state index >= 15 is 0 Å². The Labute approximate surface area is 119 Å². The first-order chi connectivity index (χ1) is 9.31. The molecule has 0 spiro atoms. The molecule has 0 bridgehead atoms. The molecule has 0 aliphatic heterocycles. The summed E-state index contributed by atoms with van der Waals surface area (Å²) in [5.41, 5.74) is 0.348. The van der Waals surface area contributed by atoms with Gasteiger partial charge in [-0.2, -0.15) is 0 Å². The molecule has 0 aliphatic carbocycles. The van der Waals surface area contributed by atoms with Gasteiger partial charge in [-0.15, -0.1) is 0 Å². The van der Waals surface area contributed by atoms with E-state index in [2.05, 4.69) is 10.0 Å². The number of nitrogens with one attached hydrogen (secondary N) is 2. The Morgan fingerprint density at radius 3 is 2.50 bits per heavy atom. The predicted octanol–water partition coefficient (Wildman–Crippen LogP) is 1.89. The van der Waals surface area contributed by atoms with Crippen LogP contribution in [0.2, 0.25) is 0 Å². The van der Waals surface area contributed by atoms with Crippen molar-refractivity contribution in [3.8, 4) is 0 Å². The van der Waals surface area contributed by atoms with Crippen LogP contribution in [0.1, 0.15) is 37.6 Å². The maximum absolute atomic E-state index is 12.1. The molecule has 0 aliphatic rings. The zero-order valence-corrected chi connectivity index (χ0v) is 12.6. The summed E-state index contributed by atoms with van der Waals surface area (Å²) in [5, 5.41) is 12.0. The topological polar surface area (TPSA) is 95.5 Å². The number of aromatic carboxylic acids is 1. The van der Waals surface area contributed by atoms with Crippen LogP contribution in [0.25, 0.3) is 0 Å². The lowest BCUT2D eigenvalue weighted by molar-refractivity contribution is 0.0697. The van der Waals surface area contributed by atoms with Gasteiger partial charge in [0.15, 0.2) is 0 Å². The number of carbonyl (C=O) groups is 1. The zero-order valence-electron chi connectivity index (χ0n) is 11.8. The summed E-state index contributed by atoms with van der Waals surface area (Å²) in [6.07, 6.45) is 0.653. The molecular weight excluding hydrogens is 280 g/mol. The first-order valence-electron chi connectivity index (χ1n) is 6.45. The minimum Gasteiger partial charge on any atom is -0.478 e. The smallest absolute Gasteiger partial charge is 0.337 e. The fourth-order valence-electron chi connectivity index (χ4n) is 1.63. The minimum absolute atomic E-state index is 0.0446. The van der Waals surface area contributed by atoms with E-state index in [1.54, 1.807) is 6.92 Å². The molecule has 6 nitrogen and oxygen atoms in total. The zero-order chi connectivity index (χ0) is 15.3. The third kappa shape index (κ3) is 3.94. The summed E-state index contributed by atoms with van der Waals surface area (Å²) in [6, 6.07) is 3.83. The second kappa shape index (κ2) is 6.71. The van der Waals surface area contributed by atoms with Gasteiger partial charge in [-0.25, -0.2) is 17.9 Å². The van der Waals surface area contributed by atoms with Gasteiger partial charge >= 0.3 is 5.97 Å². The molecule has 20 heavy (non-hydrogen) atoms. The highest BCUT2D eigenvalue weighted by Gasteiger charge is 2.20. The van der Waals surface area contributed by atoms with Gasteiger partial charge in [0.05, 0.1) is 10.5 Å². The maximum Gasteiger partial charge on any atom is 0.337 e. The molecule has 0 aromatic heterocycles. The molecule has 1 aromatic rings. The predicted molar refractivity (Wildman–Crippen MR) is 77.6 cm³/mol. The van der Waals surface area contributed by atoms with Crippen molar-refractivity contribution in [1.82, 2.24) is 4.72 Å². The van der Waals surface area contributed by atoms with Crippen molar-refractivity contribution in [2.45, 2.75) is 38.1 Å². The lowest BCUT2D eigenvalue weighted by Gasteiger charge is -2.14. The second-order valence-corrected chi connectivity index (χ2v) is 6.19. The third-order valence-corrected chi connectivity index (χ3v) is 4.45. The second-order valence-electron chi connectivity index (χ2n) is 4.47. The highest BCUT2D eigenvalue weighted by atomic mass is 32.2. The maximum atomic E-state index is 12.1. The molecule has 0 fully saturated rings. The molecule has 1 unspecified atom stereocenters. The van der Waals surface area contributed by atoms with Crippen molar-refractivity contribution >= 4 is 21.7 Å². The van der Waals surface area contributed by atoms with Crippen molar-refractivity contribution in [1.29, 1.82) is 0 Å². The highest BCUT2D eigenvalue weighted by molar-refractivity contribution is 7.89. The number of benzene rings is 1. The van der Waals surface area contributed by atoms with Crippen LogP contribution in [0.15, 0.2) is 23.1 Å². The molecule has 1 rings (SSSR count). The van der Waals surface area contributed by atoms with E-state index in [0.29, 0.717) is 18.7 Å². The van der Waals surface area contributed by atoms with Gasteiger partial charge < -0.3 is 10.4 Å². The van der Waals surface area contributed by atoms with Gasteiger partial charge in [-0.1, -0.05) is 6.92 Å². The Balaban J connectivity index is 3.20. The average molecular weight is 300 g/mol. The fourth-order valence-corrected chi connectivity index (χ4v) is 2.98. The van der Waals surface area contributed by atoms with E-state index in [1.807, 2.05) is 13.8 Å². The van der Waals surface area contributed by atoms with Gasteiger partial charge in [0, 0.05) is 18.3 Å². The van der Waals surface area contributed by atoms with Crippen LogP contribution in [0.5, 0.6) is 0 Å². The quantitative estimate of drug-likeness (QED) is 0.714. The largest absolute Gasteiger partial charge is 0.478 e. The van der Waals surface area contributed by atoms with Crippen molar-refractivity contribution in [3.63, 3.8) is 0 Å². The number of sulfonamides is 1. The first kappa shape index (κ1) is 16.5. The highest BCUT2D eigenvalue weighted by Crippen LogP contribution is 2.21. The Kier molecular flexibility index (Phi) is 5.52. The molecule has 0 saturated heterocycles. The molecule has 112 valence electrons. The van der Waals surface area contributed by atoms with Gasteiger partial charge in [0.2, 0.25) is 10.0 Å². The first-order valence-corrected chi connectivity index (χ1v) is 7.93. The molecule has 7 heteroatoms. The standard InChI is InChI=1S/C13H20N2O4S/c1-4-9(3)15-20(18,19)10-6-7-12(14-5-2)11(8-10)13(16)17/h6-9,14-15H,4-5H2,1-3H3,(H,16,17). The van der Waals surface area contributed by atoms with E-state index < -0.39 is 16.0 Å². The van der Waals surface area contributed by atoms with Crippen molar-refractivity contribution in [2.75, 3.05) is 11.9 Å². The lowest BCUT2D eigenvalue weighted by Crippen LogP contribution is -2.32. The van der Waals surface area contributed by atoms with Crippen LogP contribution in [-0.2, 0) is 10.0 Å². The Hall–Kier alpha value is -1.60. The Morgan fingerprint density at radius 1 is 1.35 bits per heavy atom. The van der Waals surface area contributed by atoms with Crippen LogP contribution in [-0.4, -0.2) is 32.1 Å². The molecule has 0 saturated carbocycles. The summed E-state index contributed by atoms with van der Waals surface area (Å²) in [5.74, 6) is -1.17. The van der Waals surface area contributed by atoms with Crippen LogP contribution in [0, 0.1) is 0 Å².